The van der Waals surface area contributed by atoms with Gasteiger partial charge in [-0.25, -0.2) is 0 Å². The third-order valence-corrected chi connectivity index (χ3v) is 5.19. The Kier molecular flexibility index (Phi) is 4.29. The Labute approximate surface area is 87.2 Å². The molecule has 0 aliphatic rings. The molecule has 12 heteroatoms. The molecule has 6 nitrogen and oxygen atoms in total. The van der Waals surface area contributed by atoms with E-state index in [4.69, 9.17) is 0 Å². The van der Waals surface area contributed by atoms with Crippen molar-refractivity contribution in [2.45, 2.75) is 5.51 Å². The molecular formula is C3H6F3N2O4S3-. The highest BCUT2D eigenvalue weighted by atomic mass is 32.3. The summed E-state index contributed by atoms with van der Waals surface area (Å²) < 4.78 is 82.5. The third kappa shape index (κ3) is 4.90. The molecule has 0 saturated heterocycles. The van der Waals surface area contributed by atoms with Crippen molar-refractivity contribution < 1.29 is 30.0 Å². The van der Waals surface area contributed by atoms with E-state index in [0.29, 0.717) is 6.26 Å². The van der Waals surface area contributed by atoms with Crippen LogP contribution in [0.15, 0.2) is 3.77 Å². The molecule has 0 N–H and O–H groups in total. The minimum atomic E-state index is -5.88. The smallest absolute Gasteiger partial charge is 0.481 e. The van der Waals surface area contributed by atoms with Crippen molar-refractivity contribution in [3.05, 3.63) is 4.13 Å². The van der Waals surface area contributed by atoms with Gasteiger partial charge in [0, 0.05) is 6.26 Å². The molecule has 0 amide bonds. The van der Waals surface area contributed by atoms with Gasteiger partial charge in [0.05, 0.1) is 0 Å². The van der Waals surface area contributed by atoms with Crippen LogP contribution in [0.2, 0.25) is 0 Å². The van der Waals surface area contributed by atoms with Gasteiger partial charge in [0.15, 0.2) is 0 Å². The lowest BCUT2D eigenvalue weighted by molar-refractivity contribution is -0.0434. The third-order valence-electron chi connectivity index (χ3n) is 0.772. The van der Waals surface area contributed by atoms with Crippen LogP contribution >= 0.6 is 0 Å². The highest BCUT2D eigenvalue weighted by Crippen LogP contribution is 2.26. The number of rotatable bonds is 3. The molecule has 0 bridgehead atoms. The van der Waals surface area contributed by atoms with Crippen LogP contribution in [-0.4, -0.2) is 34.9 Å². The van der Waals surface area contributed by atoms with Crippen molar-refractivity contribution in [2.24, 2.45) is 3.77 Å². The molecule has 2 atom stereocenters. The van der Waals surface area contributed by atoms with Crippen LogP contribution in [0.1, 0.15) is 0 Å². The lowest BCUT2D eigenvalue weighted by Gasteiger charge is -2.17. The first-order valence-corrected chi connectivity index (χ1v) is 7.82. The zero-order chi connectivity index (χ0) is 12.5. The van der Waals surface area contributed by atoms with Gasteiger partial charge in [0.2, 0.25) is 0 Å². The molecule has 0 aromatic heterocycles. The van der Waals surface area contributed by atoms with Gasteiger partial charge in [0.25, 0.3) is 0 Å². The molecule has 15 heavy (non-hydrogen) atoms. The number of hydrogen-bond acceptors (Lipinski definition) is 4. The lowest BCUT2D eigenvalue weighted by atomic mass is 11.6. The minimum absolute atomic E-state index is 0.539. The van der Waals surface area contributed by atoms with E-state index in [9.17, 15) is 30.0 Å². The first-order chi connectivity index (χ1) is 6.37. The largest absolute Gasteiger partial charge is 0.519 e. The molecule has 0 heterocycles. The van der Waals surface area contributed by atoms with E-state index in [1.165, 1.54) is 0 Å². The maximum atomic E-state index is 11.8. The Morgan fingerprint density at radius 2 is 1.67 bits per heavy atom. The second-order valence-corrected chi connectivity index (χ2v) is 7.23. The summed E-state index contributed by atoms with van der Waals surface area (Å²) in [7, 11) is -12.0. The Morgan fingerprint density at radius 1 is 1.27 bits per heavy atom. The summed E-state index contributed by atoms with van der Waals surface area (Å²) in [6.07, 6.45) is 1.45. The summed E-state index contributed by atoms with van der Waals surface area (Å²) >= 11 is 0. The molecule has 0 rings (SSSR count). The summed E-state index contributed by atoms with van der Waals surface area (Å²) in [6.45, 7) is 0. The van der Waals surface area contributed by atoms with Crippen molar-refractivity contribution in [1.82, 2.24) is 0 Å². The van der Waals surface area contributed by atoms with Gasteiger partial charge in [-0.15, -0.1) is 3.77 Å². The normalized spacial score (nSPS) is 19.3. The first kappa shape index (κ1) is 14.8. The van der Waals surface area contributed by atoms with Crippen molar-refractivity contribution >= 4 is 30.9 Å². The zero-order valence-corrected chi connectivity index (χ0v) is 9.84. The molecular weight excluding hydrogens is 281 g/mol. The predicted molar refractivity (Wildman–Crippen MR) is 48.9 cm³/mol. The van der Waals surface area contributed by atoms with Gasteiger partial charge in [-0.1, -0.05) is 11.0 Å². The van der Waals surface area contributed by atoms with Gasteiger partial charge >= 0.3 is 15.5 Å². The molecule has 0 aliphatic heterocycles. The number of nitrogens with zero attached hydrogens (tertiary/aromatic N) is 2. The van der Waals surface area contributed by atoms with E-state index in [2.05, 4.69) is 7.90 Å². The quantitative estimate of drug-likeness (QED) is 0.756. The number of alkyl halides is 3. The summed E-state index contributed by atoms with van der Waals surface area (Å²) in [5.74, 6) is 0. The lowest BCUT2D eigenvalue weighted by Crippen LogP contribution is -2.22. The molecule has 0 aromatic carbocycles. The first-order valence-electron chi connectivity index (χ1n) is 2.98. The second-order valence-electron chi connectivity index (χ2n) is 2.26. The molecule has 92 valence electrons. The van der Waals surface area contributed by atoms with E-state index in [1.807, 2.05) is 0 Å². The predicted octanol–water partition coefficient (Wildman–Crippen LogP) is 0.516. The fraction of sp³-hybridized carbons (Fsp3) is 1.00. The molecule has 2 unspecified atom stereocenters. The maximum Gasteiger partial charge on any atom is 0.519 e. The molecule has 0 radical (unpaired) electrons. The standard InChI is InChI=1S/C3H6F3N2O4S3/c1-13(9)7-14(2,10)8-15(11,12)3(4,5)6/h1-2H3/q-1. The maximum absolute atomic E-state index is 11.8. The van der Waals surface area contributed by atoms with Gasteiger partial charge in [-0.2, -0.15) is 21.6 Å². The summed E-state index contributed by atoms with van der Waals surface area (Å²) in [4.78, 5) is 0. The average Bonchev–Trinajstić information content (AvgIpc) is 1.75. The van der Waals surface area contributed by atoms with Gasteiger partial charge < -0.3 is 4.13 Å². The molecule has 0 aliphatic carbocycles. The SMILES string of the molecule is CS(=O)[N-]S(C)(=O)=NS(=O)(=O)C(F)(F)F. The number of sulfonamides is 1. The van der Waals surface area contributed by atoms with Crippen LogP contribution < -0.4 is 0 Å². The van der Waals surface area contributed by atoms with Gasteiger partial charge in [-0.3, -0.25) is 8.42 Å². The monoisotopic (exact) mass is 287 g/mol. The van der Waals surface area contributed by atoms with E-state index >= 15 is 0 Å². The van der Waals surface area contributed by atoms with Crippen LogP contribution in [0.3, 0.4) is 0 Å². The Hall–Kier alpha value is -0.200. The zero-order valence-electron chi connectivity index (χ0n) is 7.39. The Bertz CT molecular complexity index is 471. The van der Waals surface area contributed by atoms with Crippen LogP contribution in [-0.2, 0) is 30.9 Å². The van der Waals surface area contributed by atoms with E-state index in [-0.39, 0.29) is 0 Å². The van der Waals surface area contributed by atoms with Crippen LogP contribution in [0.4, 0.5) is 13.2 Å². The van der Waals surface area contributed by atoms with Crippen molar-refractivity contribution in [2.75, 3.05) is 12.5 Å². The number of hydrogen-bond donors (Lipinski definition) is 0. The van der Waals surface area contributed by atoms with Crippen molar-refractivity contribution in [1.29, 1.82) is 0 Å². The summed E-state index contributed by atoms with van der Waals surface area (Å²) in [6, 6.07) is 0. The molecule has 0 fully saturated rings. The van der Waals surface area contributed by atoms with Crippen LogP contribution in [0, 0.1) is 0 Å². The van der Waals surface area contributed by atoms with E-state index in [0.717, 1.165) is 6.26 Å². The summed E-state index contributed by atoms with van der Waals surface area (Å²) in [5, 5.41) is 0. The van der Waals surface area contributed by atoms with Gasteiger partial charge in [0.1, 0.15) is 0 Å². The van der Waals surface area contributed by atoms with Crippen molar-refractivity contribution in [3.63, 3.8) is 0 Å². The molecule has 0 aromatic rings. The highest BCUT2D eigenvalue weighted by molar-refractivity contribution is 8.13. The second kappa shape index (κ2) is 4.35. The van der Waals surface area contributed by atoms with E-state index < -0.39 is 36.4 Å². The summed E-state index contributed by atoms with van der Waals surface area (Å²) in [5.41, 5.74) is -5.64. The molecule has 0 spiro atoms. The van der Waals surface area contributed by atoms with Gasteiger partial charge in [-0.05, 0) is 16.2 Å². The Balaban J connectivity index is 5.43. The molecule has 0 saturated carbocycles. The van der Waals surface area contributed by atoms with Crippen LogP contribution in [0.5, 0.6) is 0 Å². The highest BCUT2D eigenvalue weighted by Gasteiger charge is 2.46. The Morgan fingerprint density at radius 3 is 1.93 bits per heavy atom. The van der Waals surface area contributed by atoms with E-state index in [1.54, 1.807) is 0 Å². The van der Waals surface area contributed by atoms with Crippen molar-refractivity contribution in [3.8, 4) is 0 Å². The fourth-order valence-electron chi connectivity index (χ4n) is 0.433. The number of halogens is 3. The minimum Gasteiger partial charge on any atom is -0.481 e. The topological polar surface area (TPSA) is 94.7 Å². The van der Waals surface area contributed by atoms with Crippen LogP contribution in [0.25, 0.3) is 4.13 Å². The fourth-order valence-corrected chi connectivity index (χ4v) is 4.14. The average molecular weight is 287 g/mol.